The van der Waals surface area contributed by atoms with Crippen LogP contribution in [0.5, 0.6) is 0 Å². The number of carbonyl (C=O) groups is 1. The fraction of sp³-hybridized carbons (Fsp3) is 0.389. The fourth-order valence-corrected chi connectivity index (χ4v) is 3.70. The molecule has 1 aliphatic heterocycles. The van der Waals surface area contributed by atoms with Gasteiger partial charge in [-0.1, -0.05) is 18.2 Å². The van der Waals surface area contributed by atoms with Crippen LogP contribution in [0.1, 0.15) is 17.1 Å². The van der Waals surface area contributed by atoms with Crippen molar-refractivity contribution in [1.82, 2.24) is 15.6 Å². The van der Waals surface area contributed by atoms with Crippen molar-refractivity contribution < 1.29 is 18.0 Å². The van der Waals surface area contributed by atoms with Gasteiger partial charge in [0.05, 0.1) is 11.0 Å². The molecule has 29 heavy (non-hydrogen) atoms. The van der Waals surface area contributed by atoms with Crippen LogP contribution in [0.2, 0.25) is 0 Å². The van der Waals surface area contributed by atoms with Crippen LogP contribution >= 0.6 is 35.3 Å². The molecule has 1 aromatic heterocycles. The Hall–Kier alpha value is -1.89. The van der Waals surface area contributed by atoms with E-state index in [1.807, 2.05) is 30.3 Å². The number of alkyl halides is 3. The number of nitrogens with zero attached hydrogens (tertiary/aromatic N) is 3. The predicted octanol–water partition coefficient (Wildman–Crippen LogP) is 3.29. The number of carbonyl (C=O) groups excluding carboxylic acids is 1. The van der Waals surface area contributed by atoms with Crippen LogP contribution < -0.4 is 15.5 Å². The number of rotatable bonds is 5. The number of halogens is 4. The maximum atomic E-state index is 12.6. The van der Waals surface area contributed by atoms with Gasteiger partial charge in [0.2, 0.25) is 5.91 Å². The van der Waals surface area contributed by atoms with Gasteiger partial charge < -0.3 is 15.5 Å². The molecule has 0 bridgehead atoms. The second-order valence-corrected chi connectivity index (χ2v) is 7.20. The van der Waals surface area contributed by atoms with E-state index in [2.05, 4.69) is 20.6 Å². The maximum Gasteiger partial charge on any atom is 0.434 e. The summed E-state index contributed by atoms with van der Waals surface area (Å²) in [5.41, 5.74) is -0.00976. The van der Waals surface area contributed by atoms with Crippen molar-refractivity contribution in [3.05, 3.63) is 46.4 Å². The minimum absolute atomic E-state index is 0. The lowest BCUT2D eigenvalue weighted by Gasteiger charge is -2.18. The average molecular weight is 539 g/mol. The van der Waals surface area contributed by atoms with Gasteiger partial charge in [0.15, 0.2) is 11.7 Å². The molecule has 2 heterocycles. The van der Waals surface area contributed by atoms with Gasteiger partial charge >= 0.3 is 6.18 Å². The number of guanidine groups is 1. The van der Waals surface area contributed by atoms with Crippen molar-refractivity contribution in [3.63, 3.8) is 0 Å². The molecule has 3 rings (SSSR count). The Morgan fingerprint density at radius 2 is 2.07 bits per heavy atom. The van der Waals surface area contributed by atoms with E-state index in [-0.39, 0.29) is 35.9 Å². The monoisotopic (exact) mass is 539 g/mol. The average Bonchev–Trinajstić information content (AvgIpc) is 3.28. The number of thiazole rings is 1. The number of hydrogen-bond acceptors (Lipinski definition) is 4. The lowest BCUT2D eigenvalue weighted by Crippen LogP contribution is -2.45. The minimum atomic E-state index is -4.42. The highest BCUT2D eigenvalue weighted by Crippen LogP contribution is 2.30. The van der Waals surface area contributed by atoms with Crippen molar-refractivity contribution in [2.45, 2.75) is 25.1 Å². The Labute approximate surface area is 187 Å². The maximum absolute atomic E-state index is 12.6. The van der Waals surface area contributed by atoms with Gasteiger partial charge in [-0.05, 0) is 12.1 Å². The molecule has 1 fully saturated rings. The first kappa shape index (κ1) is 23.4. The van der Waals surface area contributed by atoms with Crippen molar-refractivity contribution in [1.29, 1.82) is 0 Å². The standard InChI is InChI=1S/C18H20F3N5OS.HI/c1-22-17(23-8-7-15-25-14(11-28-15)18(19,20)21)24-12-9-16(27)26(10-12)13-5-3-2-4-6-13;/h2-6,11-12H,7-10H2,1H3,(H2,22,23,24);1H. The SMILES string of the molecule is CN=C(NCCc1nc(C(F)(F)F)cs1)NC1CC(=O)N(c2ccccc2)C1.I. The van der Waals surface area contributed by atoms with Crippen LogP contribution in [0.4, 0.5) is 18.9 Å². The van der Waals surface area contributed by atoms with Crippen LogP contribution in [0.25, 0.3) is 0 Å². The largest absolute Gasteiger partial charge is 0.434 e. The van der Waals surface area contributed by atoms with E-state index < -0.39 is 11.9 Å². The zero-order valence-corrected chi connectivity index (χ0v) is 18.7. The van der Waals surface area contributed by atoms with E-state index in [0.29, 0.717) is 36.9 Å². The third kappa shape index (κ3) is 6.29. The number of amides is 1. The van der Waals surface area contributed by atoms with Crippen LogP contribution in [0, 0.1) is 0 Å². The van der Waals surface area contributed by atoms with Crippen molar-refractivity contribution in [3.8, 4) is 0 Å². The molecular formula is C18H21F3IN5OS. The van der Waals surface area contributed by atoms with Gasteiger partial charge in [0.25, 0.3) is 0 Å². The molecule has 2 aromatic rings. The van der Waals surface area contributed by atoms with Crippen LogP contribution in [0.15, 0.2) is 40.7 Å². The summed E-state index contributed by atoms with van der Waals surface area (Å²) in [7, 11) is 1.60. The molecule has 6 nitrogen and oxygen atoms in total. The van der Waals surface area contributed by atoms with E-state index in [1.54, 1.807) is 11.9 Å². The number of benzene rings is 1. The Bertz CT molecular complexity index is 844. The van der Waals surface area contributed by atoms with Gasteiger partial charge in [0, 0.05) is 44.0 Å². The van der Waals surface area contributed by atoms with Crippen LogP contribution in [-0.4, -0.2) is 43.0 Å². The van der Waals surface area contributed by atoms with E-state index >= 15 is 0 Å². The Morgan fingerprint density at radius 1 is 1.34 bits per heavy atom. The van der Waals surface area contributed by atoms with Gasteiger partial charge in [-0.3, -0.25) is 9.79 Å². The number of aliphatic imine (C=N–C) groups is 1. The second-order valence-electron chi connectivity index (χ2n) is 6.26. The highest BCUT2D eigenvalue weighted by molar-refractivity contribution is 14.0. The molecule has 1 aromatic carbocycles. The normalized spacial score (nSPS) is 17.2. The highest BCUT2D eigenvalue weighted by atomic mass is 127. The van der Waals surface area contributed by atoms with Crippen molar-refractivity contribution in [2.75, 3.05) is 25.0 Å². The van der Waals surface area contributed by atoms with Crippen LogP contribution in [0.3, 0.4) is 0 Å². The summed E-state index contributed by atoms with van der Waals surface area (Å²) in [5.74, 6) is 0.530. The first-order valence-electron chi connectivity index (χ1n) is 8.71. The molecule has 0 saturated carbocycles. The van der Waals surface area contributed by atoms with E-state index in [1.165, 1.54) is 0 Å². The molecule has 1 atom stereocenters. The number of hydrogen-bond donors (Lipinski definition) is 2. The third-order valence-corrected chi connectivity index (χ3v) is 5.14. The first-order chi connectivity index (χ1) is 13.4. The van der Waals surface area contributed by atoms with Crippen molar-refractivity contribution in [2.24, 2.45) is 4.99 Å². The molecule has 1 aliphatic rings. The molecular weight excluding hydrogens is 518 g/mol. The molecule has 1 amide bonds. The van der Waals surface area contributed by atoms with E-state index in [4.69, 9.17) is 0 Å². The third-order valence-electron chi connectivity index (χ3n) is 4.23. The first-order valence-corrected chi connectivity index (χ1v) is 9.59. The fourth-order valence-electron chi connectivity index (χ4n) is 2.89. The lowest BCUT2D eigenvalue weighted by atomic mass is 10.2. The van der Waals surface area contributed by atoms with Gasteiger partial charge in [-0.15, -0.1) is 35.3 Å². The Kier molecular flexibility index (Phi) is 8.25. The van der Waals surface area contributed by atoms with Crippen LogP contribution in [-0.2, 0) is 17.4 Å². The smallest absolute Gasteiger partial charge is 0.356 e. The molecule has 1 unspecified atom stereocenters. The summed E-state index contributed by atoms with van der Waals surface area (Å²) in [6.07, 6.45) is -3.72. The second kappa shape index (κ2) is 10.2. The molecule has 2 N–H and O–H groups in total. The number of anilines is 1. The van der Waals surface area contributed by atoms with Gasteiger partial charge in [-0.2, -0.15) is 13.2 Å². The van der Waals surface area contributed by atoms with E-state index in [9.17, 15) is 18.0 Å². The number of nitrogens with one attached hydrogen (secondary N) is 2. The summed E-state index contributed by atoms with van der Waals surface area (Å²) in [6.45, 7) is 0.901. The molecule has 158 valence electrons. The minimum Gasteiger partial charge on any atom is -0.356 e. The van der Waals surface area contributed by atoms with E-state index in [0.717, 1.165) is 22.4 Å². The number of aromatic nitrogens is 1. The Morgan fingerprint density at radius 3 is 2.69 bits per heavy atom. The molecule has 11 heteroatoms. The molecule has 0 aliphatic carbocycles. The Balaban J connectivity index is 0.00000300. The number of para-hydroxylation sites is 1. The summed E-state index contributed by atoms with van der Waals surface area (Å²) in [6, 6.07) is 9.33. The zero-order chi connectivity index (χ0) is 20.1. The summed E-state index contributed by atoms with van der Waals surface area (Å²) < 4.78 is 37.8. The topological polar surface area (TPSA) is 69.6 Å². The van der Waals surface area contributed by atoms with Gasteiger partial charge in [0.1, 0.15) is 0 Å². The lowest BCUT2D eigenvalue weighted by molar-refractivity contribution is -0.140. The summed E-state index contributed by atoms with van der Waals surface area (Å²) >= 11 is 0.984. The van der Waals surface area contributed by atoms with Gasteiger partial charge in [-0.25, -0.2) is 4.98 Å². The summed E-state index contributed by atoms with van der Waals surface area (Å²) in [5, 5.41) is 7.67. The van der Waals surface area contributed by atoms with Crippen molar-refractivity contribution >= 4 is 52.9 Å². The quantitative estimate of drug-likeness (QED) is 0.348. The molecule has 1 saturated heterocycles. The molecule has 0 radical (unpaired) electrons. The zero-order valence-electron chi connectivity index (χ0n) is 15.6. The molecule has 0 spiro atoms. The highest BCUT2D eigenvalue weighted by Gasteiger charge is 2.33. The summed E-state index contributed by atoms with van der Waals surface area (Å²) in [4.78, 5) is 21.7. The predicted molar refractivity (Wildman–Crippen MR) is 118 cm³/mol.